The van der Waals surface area contributed by atoms with Gasteiger partial charge in [-0.05, 0) is 54.7 Å². The average Bonchev–Trinajstić information content (AvgIpc) is 3.53. The lowest BCUT2D eigenvalue weighted by Gasteiger charge is -2.28. The maximum atomic E-state index is 12.9. The lowest BCUT2D eigenvalue weighted by atomic mass is 9.81. The number of carbonyl (C=O) groups excluding carboxylic acids is 5. The number of hydrogen-bond donors (Lipinski definition) is 0. The molecular weight excluding hydrogens is 644 g/mol. The number of likely N-dealkylation sites (tertiary alicyclic amines) is 1. The van der Waals surface area contributed by atoms with Gasteiger partial charge in [0.2, 0.25) is 11.8 Å². The molecule has 5 rings (SSSR count). The van der Waals surface area contributed by atoms with Crippen molar-refractivity contribution >= 4 is 67.1 Å². The zero-order chi connectivity index (χ0) is 28.0. The van der Waals surface area contributed by atoms with Crippen LogP contribution in [-0.2, 0) is 19.1 Å². The van der Waals surface area contributed by atoms with E-state index in [9.17, 15) is 34.1 Å². The number of amides is 2. The van der Waals surface area contributed by atoms with Gasteiger partial charge in [0.25, 0.3) is 5.69 Å². The molecule has 2 aromatic rings. The third kappa shape index (κ3) is 5.00. The van der Waals surface area contributed by atoms with E-state index in [-0.39, 0.29) is 55.9 Å². The first kappa shape index (κ1) is 27.1. The van der Waals surface area contributed by atoms with Crippen molar-refractivity contribution in [3.63, 3.8) is 0 Å². The first-order chi connectivity index (χ1) is 18.6. The summed E-state index contributed by atoms with van der Waals surface area (Å²) in [5.41, 5.74) is 0.130. The first-order valence-corrected chi connectivity index (χ1v) is 13.8. The van der Waals surface area contributed by atoms with Crippen molar-refractivity contribution in [3.8, 4) is 5.75 Å². The zero-order valence-electron chi connectivity index (χ0n) is 20.0. The molecule has 1 heterocycles. The van der Waals surface area contributed by atoms with Crippen LogP contribution in [0.15, 0.2) is 48.5 Å². The molecule has 0 unspecified atom stereocenters. The second-order valence-electron chi connectivity index (χ2n) is 9.57. The summed E-state index contributed by atoms with van der Waals surface area (Å²) in [6.07, 6.45) is 0.778. The molecular formula is C26H20Br2N2O9. The highest BCUT2D eigenvalue weighted by Gasteiger charge is 2.66. The Kier molecular flexibility index (Phi) is 7.38. The second kappa shape index (κ2) is 10.6. The number of rotatable bonds is 8. The van der Waals surface area contributed by atoms with E-state index in [4.69, 9.17) is 9.47 Å². The van der Waals surface area contributed by atoms with E-state index in [1.54, 1.807) is 0 Å². The van der Waals surface area contributed by atoms with Gasteiger partial charge < -0.3 is 9.47 Å². The molecule has 0 N–H and O–H groups in total. The third-order valence-electron chi connectivity index (χ3n) is 7.43. The van der Waals surface area contributed by atoms with Gasteiger partial charge in [-0.25, -0.2) is 4.79 Å². The van der Waals surface area contributed by atoms with E-state index < -0.39 is 47.6 Å². The van der Waals surface area contributed by atoms with Crippen molar-refractivity contribution in [2.75, 3.05) is 13.2 Å². The SMILES string of the molecule is O=C(CN1C(=O)[C@@H]2[C@H]3C[C@@H]([C@@H](Br)[C@H]3Br)[C@H]2C1=O)OCC(=O)c1ccc(OC(=O)c2ccc([N+](=O)[O-])cc2)cc1. The Labute approximate surface area is 238 Å². The molecule has 3 fully saturated rings. The molecule has 1 saturated heterocycles. The summed E-state index contributed by atoms with van der Waals surface area (Å²) in [7, 11) is 0. The van der Waals surface area contributed by atoms with Crippen molar-refractivity contribution < 1.29 is 38.4 Å². The Bertz CT molecular complexity index is 1350. The number of halogens is 2. The van der Waals surface area contributed by atoms with Crippen LogP contribution in [0.25, 0.3) is 0 Å². The number of esters is 2. The van der Waals surface area contributed by atoms with Gasteiger partial charge >= 0.3 is 11.9 Å². The van der Waals surface area contributed by atoms with Gasteiger partial charge in [0.05, 0.1) is 22.3 Å². The van der Waals surface area contributed by atoms with Crippen LogP contribution in [0.5, 0.6) is 5.75 Å². The Morgan fingerprint density at radius 1 is 0.897 bits per heavy atom. The standard InChI is InChI=1S/C26H20Br2N2O9/c27-22-16-9-17(23(22)28)21-20(16)24(33)29(25(21)34)10-19(32)38-11-18(31)12-3-7-15(8-4-12)39-26(35)13-1-5-14(6-2-13)30(36)37/h1-8,16-17,20-23H,9-11H2/t16-,17-,20-,21-,22-,23+/m1/s1. The number of carbonyl (C=O) groups is 5. The fraction of sp³-hybridized carbons (Fsp3) is 0.346. The number of ether oxygens (including phenoxy) is 2. The lowest BCUT2D eigenvalue weighted by molar-refractivity contribution is -0.384. The Morgan fingerprint density at radius 3 is 1.97 bits per heavy atom. The number of nitro groups is 1. The average molecular weight is 664 g/mol. The van der Waals surface area contributed by atoms with Crippen molar-refractivity contribution in [1.82, 2.24) is 4.90 Å². The number of alkyl halides is 2. The fourth-order valence-electron chi connectivity index (χ4n) is 5.56. The highest BCUT2D eigenvalue weighted by molar-refractivity contribution is 9.12. The predicted octanol–water partition coefficient (Wildman–Crippen LogP) is 3.32. The number of nitrogens with zero attached hydrogens (tertiary/aromatic N) is 2. The molecule has 2 bridgehead atoms. The number of Topliss-reactive ketones (excluding diaryl/α,β-unsaturated/α-hetero) is 1. The van der Waals surface area contributed by atoms with Crippen molar-refractivity contribution in [2.24, 2.45) is 23.7 Å². The van der Waals surface area contributed by atoms with Crippen LogP contribution in [-0.4, -0.2) is 62.2 Å². The van der Waals surface area contributed by atoms with Crippen molar-refractivity contribution in [1.29, 1.82) is 0 Å². The maximum absolute atomic E-state index is 12.9. The number of fused-ring (bicyclic) bond motifs is 5. The third-order valence-corrected chi connectivity index (χ3v) is 10.6. The molecule has 0 radical (unpaired) electrons. The predicted molar refractivity (Wildman–Crippen MR) is 141 cm³/mol. The van der Waals surface area contributed by atoms with E-state index in [1.165, 1.54) is 48.5 Å². The molecule has 11 nitrogen and oxygen atoms in total. The quantitative estimate of drug-likeness (QED) is 0.0788. The number of nitro benzene ring substituents is 1. The van der Waals surface area contributed by atoms with Crippen LogP contribution in [0.3, 0.4) is 0 Å². The maximum Gasteiger partial charge on any atom is 0.343 e. The summed E-state index contributed by atoms with van der Waals surface area (Å²) in [6.45, 7) is -1.14. The van der Waals surface area contributed by atoms with Crippen LogP contribution in [0, 0.1) is 33.8 Å². The largest absolute Gasteiger partial charge is 0.456 e. The highest BCUT2D eigenvalue weighted by atomic mass is 79.9. The van der Waals surface area contributed by atoms with Crippen LogP contribution in [0.4, 0.5) is 5.69 Å². The molecule has 39 heavy (non-hydrogen) atoms. The van der Waals surface area contributed by atoms with Gasteiger partial charge in [0.1, 0.15) is 12.3 Å². The number of imide groups is 1. The van der Waals surface area contributed by atoms with Crippen LogP contribution < -0.4 is 4.74 Å². The summed E-state index contributed by atoms with van der Waals surface area (Å²) in [6, 6.07) is 10.4. The van der Waals surface area contributed by atoms with Gasteiger partial charge in [-0.15, -0.1) is 0 Å². The Morgan fingerprint density at radius 2 is 1.44 bits per heavy atom. The summed E-state index contributed by atoms with van der Waals surface area (Å²) in [4.78, 5) is 74.2. The fourth-order valence-corrected chi connectivity index (χ4v) is 7.44. The van der Waals surface area contributed by atoms with Gasteiger partial charge in [-0.1, -0.05) is 31.9 Å². The number of ketones is 1. The van der Waals surface area contributed by atoms with E-state index in [0.717, 1.165) is 11.3 Å². The van der Waals surface area contributed by atoms with E-state index >= 15 is 0 Å². The molecule has 2 saturated carbocycles. The van der Waals surface area contributed by atoms with E-state index in [1.807, 2.05) is 0 Å². The monoisotopic (exact) mass is 662 g/mol. The van der Waals surface area contributed by atoms with Crippen molar-refractivity contribution in [3.05, 3.63) is 69.8 Å². The minimum absolute atomic E-state index is 0.0276. The summed E-state index contributed by atoms with van der Waals surface area (Å²) >= 11 is 7.22. The molecule has 3 aliphatic rings. The van der Waals surface area contributed by atoms with Crippen LogP contribution in [0.2, 0.25) is 0 Å². The van der Waals surface area contributed by atoms with Crippen LogP contribution in [0.1, 0.15) is 27.1 Å². The summed E-state index contributed by atoms with van der Waals surface area (Å²) in [5.74, 6) is -3.57. The Balaban J connectivity index is 1.12. The Hall–Kier alpha value is -3.45. The van der Waals surface area contributed by atoms with Gasteiger partial charge in [-0.2, -0.15) is 0 Å². The molecule has 6 atom stereocenters. The zero-order valence-corrected chi connectivity index (χ0v) is 23.2. The van der Waals surface area contributed by atoms with Crippen molar-refractivity contribution in [2.45, 2.75) is 16.1 Å². The highest BCUT2D eigenvalue weighted by Crippen LogP contribution is 2.60. The molecule has 13 heteroatoms. The van der Waals surface area contributed by atoms with Gasteiger partial charge in [0, 0.05) is 27.4 Å². The normalized spacial score (nSPS) is 26.9. The van der Waals surface area contributed by atoms with Crippen LogP contribution >= 0.6 is 31.9 Å². The van der Waals surface area contributed by atoms with E-state index in [0.29, 0.717) is 0 Å². The molecule has 2 aromatic carbocycles. The van der Waals surface area contributed by atoms with Gasteiger partial charge in [0.15, 0.2) is 12.4 Å². The molecule has 2 amide bonds. The number of non-ortho nitro benzene ring substituents is 1. The number of hydrogen-bond acceptors (Lipinski definition) is 9. The molecule has 0 spiro atoms. The molecule has 2 aliphatic carbocycles. The molecule has 0 aromatic heterocycles. The summed E-state index contributed by atoms with van der Waals surface area (Å²) in [5, 5.41) is 10.7. The van der Waals surface area contributed by atoms with E-state index in [2.05, 4.69) is 31.9 Å². The molecule has 202 valence electrons. The topological polar surface area (TPSA) is 150 Å². The number of benzene rings is 2. The minimum Gasteiger partial charge on any atom is -0.456 e. The summed E-state index contributed by atoms with van der Waals surface area (Å²) < 4.78 is 10.3. The minimum atomic E-state index is -0.864. The first-order valence-electron chi connectivity index (χ1n) is 12.0. The smallest absolute Gasteiger partial charge is 0.343 e. The second-order valence-corrected chi connectivity index (χ2v) is 11.7. The molecule has 1 aliphatic heterocycles. The van der Waals surface area contributed by atoms with Gasteiger partial charge in [-0.3, -0.25) is 34.2 Å². The lowest BCUT2D eigenvalue weighted by Crippen LogP contribution is -2.38.